The lowest BCUT2D eigenvalue weighted by Crippen LogP contribution is -2.45. The smallest absolute Gasteiger partial charge is 0.313 e. The maximum absolute atomic E-state index is 12.3. The van der Waals surface area contributed by atoms with Gasteiger partial charge >= 0.3 is 5.97 Å². The van der Waals surface area contributed by atoms with Gasteiger partial charge in [0.25, 0.3) is 11.8 Å². The molecule has 1 aromatic rings. The number of carbonyl (C=O) groups excluding carboxylic acids is 4. The van der Waals surface area contributed by atoms with Crippen LogP contribution in [-0.2, 0) is 14.3 Å². The fourth-order valence-corrected chi connectivity index (χ4v) is 2.38. The third-order valence-corrected chi connectivity index (χ3v) is 3.44. The molecule has 0 bridgehead atoms. The number of methoxy groups -OCH3 is 1. The number of rotatable bonds is 5. The zero-order valence-corrected chi connectivity index (χ0v) is 11.8. The highest BCUT2D eigenvalue weighted by Crippen LogP contribution is 2.26. The molecule has 0 radical (unpaired) electrons. The predicted octanol–water partition coefficient (Wildman–Crippen LogP) is 1.19. The number of esters is 1. The van der Waals surface area contributed by atoms with Gasteiger partial charge in [-0.2, -0.15) is 0 Å². The lowest BCUT2D eigenvalue weighted by atomic mass is 10.1. The van der Waals surface area contributed by atoms with Crippen molar-refractivity contribution in [3.63, 3.8) is 0 Å². The molecule has 0 spiro atoms. The van der Waals surface area contributed by atoms with Crippen LogP contribution >= 0.6 is 0 Å². The van der Waals surface area contributed by atoms with E-state index in [1.54, 1.807) is 31.2 Å². The second kappa shape index (κ2) is 5.87. The highest BCUT2D eigenvalue weighted by Gasteiger charge is 2.41. The van der Waals surface area contributed by atoms with Crippen molar-refractivity contribution in [2.24, 2.45) is 0 Å². The molecule has 0 saturated carbocycles. The molecular formula is C15H15NO5. The van der Waals surface area contributed by atoms with E-state index in [-0.39, 0.29) is 17.5 Å². The van der Waals surface area contributed by atoms with E-state index in [4.69, 9.17) is 0 Å². The summed E-state index contributed by atoms with van der Waals surface area (Å²) in [6, 6.07) is 5.46. The van der Waals surface area contributed by atoms with Crippen LogP contribution in [0.4, 0.5) is 0 Å². The molecule has 2 rings (SSSR count). The van der Waals surface area contributed by atoms with Crippen LogP contribution < -0.4 is 0 Å². The fourth-order valence-electron chi connectivity index (χ4n) is 2.38. The zero-order valence-electron chi connectivity index (χ0n) is 11.8. The first-order valence-electron chi connectivity index (χ1n) is 6.57. The van der Waals surface area contributed by atoms with Gasteiger partial charge < -0.3 is 4.74 Å². The lowest BCUT2D eigenvalue weighted by Gasteiger charge is -2.23. The van der Waals surface area contributed by atoms with Crippen LogP contribution in [0.3, 0.4) is 0 Å². The van der Waals surface area contributed by atoms with Gasteiger partial charge in [-0.05, 0) is 18.6 Å². The van der Waals surface area contributed by atoms with Crippen molar-refractivity contribution in [3.8, 4) is 0 Å². The molecule has 1 unspecified atom stereocenters. The summed E-state index contributed by atoms with van der Waals surface area (Å²) in [5, 5.41) is 0. The Balaban J connectivity index is 2.29. The molecule has 1 heterocycles. The predicted molar refractivity (Wildman–Crippen MR) is 72.7 cm³/mol. The van der Waals surface area contributed by atoms with Gasteiger partial charge in [0, 0.05) is 0 Å². The molecule has 0 N–H and O–H groups in total. The van der Waals surface area contributed by atoms with Crippen LogP contribution in [0.25, 0.3) is 0 Å². The Kier molecular flexibility index (Phi) is 4.16. The first kappa shape index (κ1) is 14.9. The van der Waals surface area contributed by atoms with Crippen molar-refractivity contribution in [3.05, 3.63) is 35.4 Å². The van der Waals surface area contributed by atoms with E-state index < -0.39 is 36.0 Å². The summed E-state index contributed by atoms with van der Waals surface area (Å²) in [7, 11) is 1.18. The van der Waals surface area contributed by atoms with Crippen LogP contribution in [0.2, 0.25) is 0 Å². The molecule has 1 aliphatic rings. The van der Waals surface area contributed by atoms with Gasteiger partial charge in [0.05, 0.1) is 24.3 Å². The van der Waals surface area contributed by atoms with Crippen molar-refractivity contribution in [1.29, 1.82) is 0 Å². The van der Waals surface area contributed by atoms with Crippen molar-refractivity contribution in [1.82, 2.24) is 4.90 Å². The molecule has 6 nitrogen and oxygen atoms in total. The minimum absolute atomic E-state index is 0.251. The van der Waals surface area contributed by atoms with E-state index in [9.17, 15) is 19.2 Å². The SMILES string of the molecule is CCC(C(=O)CC(=O)OC)N1C(=O)c2ccccc2C1=O. The average molecular weight is 289 g/mol. The summed E-state index contributed by atoms with van der Waals surface area (Å²) in [5.74, 6) is -2.18. The second-order valence-corrected chi connectivity index (χ2v) is 4.67. The average Bonchev–Trinajstić information content (AvgIpc) is 2.73. The van der Waals surface area contributed by atoms with Crippen molar-refractivity contribution >= 4 is 23.6 Å². The van der Waals surface area contributed by atoms with E-state index >= 15 is 0 Å². The van der Waals surface area contributed by atoms with Crippen LogP contribution in [0.1, 0.15) is 40.5 Å². The molecular weight excluding hydrogens is 274 g/mol. The van der Waals surface area contributed by atoms with Crippen LogP contribution in [0, 0.1) is 0 Å². The van der Waals surface area contributed by atoms with Gasteiger partial charge in [-0.3, -0.25) is 24.1 Å². The minimum Gasteiger partial charge on any atom is -0.469 e. The standard InChI is InChI=1S/C15H15NO5/c1-3-11(12(17)8-13(18)21-2)16-14(19)9-6-4-5-7-10(9)15(16)20/h4-7,11H,3,8H2,1-2H3. The fraction of sp³-hybridized carbons (Fsp3) is 0.333. The van der Waals surface area contributed by atoms with E-state index in [0.29, 0.717) is 0 Å². The minimum atomic E-state index is -0.948. The molecule has 0 aliphatic carbocycles. The Bertz CT molecular complexity index is 587. The summed E-state index contributed by atoms with van der Waals surface area (Å²) in [5.41, 5.74) is 0.568. The van der Waals surface area contributed by atoms with Gasteiger partial charge in [-0.15, -0.1) is 0 Å². The number of ketones is 1. The number of imide groups is 1. The first-order valence-corrected chi connectivity index (χ1v) is 6.57. The van der Waals surface area contributed by atoms with Crippen molar-refractivity contribution in [2.45, 2.75) is 25.8 Å². The van der Waals surface area contributed by atoms with Crippen molar-refractivity contribution in [2.75, 3.05) is 7.11 Å². The third kappa shape index (κ3) is 2.56. The van der Waals surface area contributed by atoms with Crippen LogP contribution in [0.5, 0.6) is 0 Å². The number of carbonyl (C=O) groups is 4. The molecule has 1 atom stereocenters. The van der Waals surface area contributed by atoms with Crippen LogP contribution in [0.15, 0.2) is 24.3 Å². The summed E-state index contributed by atoms with van der Waals surface area (Å²) < 4.78 is 4.45. The number of benzene rings is 1. The van der Waals surface area contributed by atoms with E-state index in [1.165, 1.54) is 7.11 Å². The number of fused-ring (bicyclic) bond motifs is 1. The van der Waals surface area contributed by atoms with E-state index in [1.807, 2.05) is 0 Å². The summed E-state index contributed by atoms with van der Waals surface area (Å²) in [6.07, 6.45) is -0.205. The molecule has 2 amide bonds. The topological polar surface area (TPSA) is 80.8 Å². The largest absolute Gasteiger partial charge is 0.469 e. The maximum Gasteiger partial charge on any atom is 0.313 e. The Hall–Kier alpha value is -2.50. The first-order chi connectivity index (χ1) is 10.0. The zero-order chi connectivity index (χ0) is 15.6. The van der Waals surface area contributed by atoms with Crippen molar-refractivity contribution < 1.29 is 23.9 Å². The lowest BCUT2D eigenvalue weighted by molar-refractivity contribution is -0.144. The molecule has 6 heteroatoms. The number of Topliss-reactive ketones (excluding diaryl/α,β-unsaturated/α-hetero) is 1. The van der Waals surface area contributed by atoms with Crippen LogP contribution in [-0.4, -0.2) is 41.6 Å². The Labute approximate surface area is 121 Å². The number of hydrogen-bond donors (Lipinski definition) is 0. The molecule has 1 aliphatic heterocycles. The molecule has 110 valence electrons. The van der Waals surface area contributed by atoms with Gasteiger partial charge in [-0.1, -0.05) is 19.1 Å². The molecule has 0 saturated heterocycles. The normalized spacial score (nSPS) is 14.9. The van der Waals surface area contributed by atoms with Gasteiger partial charge in [0.2, 0.25) is 0 Å². The summed E-state index contributed by atoms with van der Waals surface area (Å²) >= 11 is 0. The monoisotopic (exact) mass is 289 g/mol. The number of amides is 2. The molecule has 21 heavy (non-hydrogen) atoms. The second-order valence-electron chi connectivity index (χ2n) is 4.67. The highest BCUT2D eigenvalue weighted by molar-refractivity contribution is 6.23. The van der Waals surface area contributed by atoms with Gasteiger partial charge in [-0.25, -0.2) is 0 Å². The quantitative estimate of drug-likeness (QED) is 0.462. The summed E-state index contributed by atoms with van der Waals surface area (Å²) in [6.45, 7) is 1.68. The Morgan fingerprint density at radius 1 is 1.14 bits per heavy atom. The third-order valence-electron chi connectivity index (χ3n) is 3.44. The number of ether oxygens (including phenoxy) is 1. The van der Waals surface area contributed by atoms with E-state index in [0.717, 1.165) is 4.90 Å². The molecule has 1 aromatic carbocycles. The van der Waals surface area contributed by atoms with E-state index in [2.05, 4.69) is 4.74 Å². The van der Waals surface area contributed by atoms with Gasteiger partial charge in [0.1, 0.15) is 6.42 Å². The molecule has 0 fully saturated rings. The number of hydrogen-bond acceptors (Lipinski definition) is 5. The summed E-state index contributed by atoms with van der Waals surface area (Å²) in [4.78, 5) is 48.9. The Morgan fingerprint density at radius 2 is 1.67 bits per heavy atom. The maximum atomic E-state index is 12.3. The van der Waals surface area contributed by atoms with Gasteiger partial charge in [0.15, 0.2) is 5.78 Å². The molecule has 0 aromatic heterocycles. The number of nitrogens with zero attached hydrogens (tertiary/aromatic N) is 1. The Morgan fingerprint density at radius 3 is 2.10 bits per heavy atom. The highest BCUT2D eigenvalue weighted by atomic mass is 16.5.